The molecule has 0 unspecified atom stereocenters. The highest BCUT2D eigenvalue weighted by molar-refractivity contribution is 6.31. The van der Waals surface area contributed by atoms with Gasteiger partial charge in [-0.2, -0.15) is 15.0 Å². The first-order valence-corrected chi connectivity index (χ1v) is 5.40. The van der Waals surface area contributed by atoms with Crippen molar-refractivity contribution in [2.75, 3.05) is 5.32 Å². The van der Waals surface area contributed by atoms with Gasteiger partial charge < -0.3 is 5.32 Å². The SMILES string of the molecule is Cc1ccc(Nc2nc(Cl)nc(Cl)n2)cc1F. The summed E-state index contributed by atoms with van der Waals surface area (Å²) in [7, 11) is 0. The molecule has 7 heteroatoms. The molecule has 2 aromatic rings. The summed E-state index contributed by atoms with van der Waals surface area (Å²) in [6.45, 7) is 1.68. The largest absolute Gasteiger partial charge is 0.324 e. The summed E-state index contributed by atoms with van der Waals surface area (Å²) in [5.74, 6) is -0.153. The van der Waals surface area contributed by atoms with E-state index in [2.05, 4.69) is 20.3 Å². The Morgan fingerprint density at radius 1 is 1.12 bits per heavy atom. The first-order valence-electron chi connectivity index (χ1n) is 4.65. The van der Waals surface area contributed by atoms with Gasteiger partial charge in [0.05, 0.1) is 0 Å². The van der Waals surface area contributed by atoms with Crippen LogP contribution in [0.3, 0.4) is 0 Å². The first kappa shape index (κ1) is 12.0. The van der Waals surface area contributed by atoms with Gasteiger partial charge in [0.1, 0.15) is 5.82 Å². The molecule has 2 rings (SSSR count). The summed E-state index contributed by atoms with van der Waals surface area (Å²) >= 11 is 11.2. The second-order valence-corrected chi connectivity index (χ2v) is 3.96. The van der Waals surface area contributed by atoms with E-state index in [1.807, 2.05) is 0 Å². The molecule has 17 heavy (non-hydrogen) atoms. The molecule has 0 saturated heterocycles. The lowest BCUT2D eigenvalue weighted by Gasteiger charge is -2.05. The highest BCUT2D eigenvalue weighted by Crippen LogP contribution is 2.18. The van der Waals surface area contributed by atoms with Crippen LogP contribution in [0, 0.1) is 12.7 Å². The average molecular weight is 273 g/mol. The molecule has 0 saturated carbocycles. The van der Waals surface area contributed by atoms with Crippen LogP contribution >= 0.6 is 23.2 Å². The van der Waals surface area contributed by atoms with Gasteiger partial charge in [-0.05, 0) is 47.8 Å². The Morgan fingerprint density at radius 2 is 1.76 bits per heavy atom. The van der Waals surface area contributed by atoms with Gasteiger partial charge in [0.25, 0.3) is 0 Å². The summed E-state index contributed by atoms with van der Waals surface area (Å²) in [5, 5.41) is 2.73. The molecule has 0 aliphatic carbocycles. The van der Waals surface area contributed by atoms with Crippen LogP contribution < -0.4 is 5.32 Å². The molecule has 1 aromatic carbocycles. The molecule has 0 aliphatic rings. The lowest BCUT2D eigenvalue weighted by atomic mass is 10.2. The van der Waals surface area contributed by atoms with Crippen molar-refractivity contribution >= 4 is 34.8 Å². The van der Waals surface area contributed by atoms with Gasteiger partial charge >= 0.3 is 0 Å². The summed E-state index contributed by atoms with van der Waals surface area (Å²) in [6.07, 6.45) is 0. The second kappa shape index (κ2) is 4.81. The van der Waals surface area contributed by atoms with E-state index in [-0.39, 0.29) is 22.3 Å². The molecule has 0 amide bonds. The Morgan fingerprint density at radius 3 is 2.35 bits per heavy atom. The van der Waals surface area contributed by atoms with Gasteiger partial charge in [-0.15, -0.1) is 0 Å². The van der Waals surface area contributed by atoms with E-state index < -0.39 is 0 Å². The second-order valence-electron chi connectivity index (χ2n) is 3.29. The van der Waals surface area contributed by atoms with Gasteiger partial charge in [0, 0.05) is 5.69 Å². The summed E-state index contributed by atoms with van der Waals surface area (Å²) in [6, 6.07) is 4.67. The zero-order valence-electron chi connectivity index (χ0n) is 8.71. The maximum Gasteiger partial charge on any atom is 0.232 e. The molecule has 4 nitrogen and oxygen atoms in total. The molecule has 88 valence electrons. The number of aryl methyl sites for hydroxylation is 1. The molecule has 1 aromatic heterocycles. The number of rotatable bonds is 2. The van der Waals surface area contributed by atoms with Crippen molar-refractivity contribution < 1.29 is 4.39 Å². The predicted octanol–water partition coefficient (Wildman–Crippen LogP) is 3.37. The van der Waals surface area contributed by atoms with Crippen LogP contribution in [0.2, 0.25) is 10.6 Å². The third kappa shape index (κ3) is 3.01. The van der Waals surface area contributed by atoms with Crippen LogP contribution in [-0.2, 0) is 0 Å². The van der Waals surface area contributed by atoms with Gasteiger partial charge in [0.15, 0.2) is 0 Å². The zero-order valence-corrected chi connectivity index (χ0v) is 10.2. The fourth-order valence-electron chi connectivity index (χ4n) is 1.18. The highest BCUT2D eigenvalue weighted by atomic mass is 35.5. The fraction of sp³-hybridized carbons (Fsp3) is 0.100. The quantitative estimate of drug-likeness (QED) is 0.911. The predicted molar refractivity (Wildman–Crippen MR) is 64.3 cm³/mol. The average Bonchev–Trinajstić information content (AvgIpc) is 2.22. The summed E-state index contributed by atoms with van der Waals surface area (Å²) < 4.78 is 13.3. The molecule has 0 bridgehead atoms. The van der Waals surface area contributed by atoms with Crippen molar-refractivity contribution in [2.24, 2.45) is 0 Å². The van der Waals surface area contributed by atoms with Crippen LogP contribution in [0.25, 0.3) is 0 Å². The fourth-order valence-corrected chi connectivity index (χ4v) is 1.54. The van der Waals surface area contributed by atoms with Crippen LogP contribution in [0.15, 0.2) is 18.2 Å². The normalized spacial score (nSPS) is 10.4. The number of hydrogen-bond acceptors (Lipinski definition) is 4. The topological polar surface area (TPSA) is 50.7 Å². The van der Waals surface area contributed by atoms with E-state index >= 15 is 0 Å². The lowest BCUT2D eigenvalue weighted by Crippen LogP contribution is -2.00. The first-order chi connectivity index (χ1) is 8.04. The molecule has 0 fully saturated rings. The number of aromatic nitrogens is 3. The van der Waals surface area contributed by atoms with E-state index in [0.717, 1.165) is 0 Å². The standard InChI is InChI=1S/C10H7Cl2FN4/c1-5-2-3-6(4-7(5)13)14-10-16-8(11)15-9(12)17-10/h2-4H,1H3,(H,14,15,16,17). The van der Waals surface area contributed by atoms with Gasteiger partial charge in [0.2, 0.25) is 16.5 Å². The number of hydrogen-bond donors (Lipinski definition) is 1. The molecule has 0 atom stereocenters. The lowest BCUT2D eigenvalue weighted by molar-refractivity contribution is 0.619. The molecule has 1 N–H and O–H groups in total. The van der Waals surface area contributed by atoms with Crippen molar-refractivity contribution in [1.82, 2.24) is 15.0 Å². The van der Waals surface area contributed by atoms with E-state index in [4.69, 9.17) is 23.2 Å². The Balaban J connectivity index is 2.28. The van der Waals surface area contributed by atoms with E-state index in [0.29, 0.717) is 11.3 Å². The van der Waals surface area contributed by atoms with Crippen LogP contribution in [-0.4, -0.2) is 15.0 Å². The minimum atomic E-state index is -0.318. The van der Waals surface area contributed by atoms with Crippen molar-refractivity contribution in [3.05, 3.63) is 40.1 Å². The Kier molecular flexibility index (Phi) is 3.40. The molecular formula is C10H7Cl2FN4. The minimum absolute atomic E-state index is 0.0277. The van der Waals surface area contributed by atoms with Crippen LogP contribution in [0.5, 0.6) is 0 Å². The summed E-state index contributed by atoms with van der Waals surface area (Å²) in [5.41, 5.74) is 1.06. The highest BCUT2D eigenvalue weighted by Gasteiger charge is 2.05. The number of nitrogens with zero attached hydrogens (tertiary/aromatic N) is 3. The van der Waals surface area contributed by atoms with E-state index in [1.54, 1.807) is 19.1 Å². The number of anilines is 2. The molecule has 0 radical (unpaired) electrons. The third-order valence-electron chi connectivity index (χ3n) is 2.01. The minimum Gasteiger partial charge on any atom is -0.324 e. The van der Waals surface area contributed by atoms with Crippen molar-refractivity contribution in [3.63, 3.8) is 0 Å². The molecular weight excluding hydrogens is 266 g/mol. The van der Waals surface area contributed by atoms with Gasteiger partial charge in [-0.25, -0.2) is 4.39 Å². The number of halogens is 3. The Hall–Kier alpha value is -1.46. The number of nitrogens with one attached hydrogen (secondary N) is 1. The Labute approximate surface area is 107 Å². The summed E-state index contributed by atoms with van der Waals surface area (Å²) in [4.78, 5) is 11.2. The number of benzene rings is 1. The van der Waals surface area contributed by atoms with Gasteiger partial charge in [-0.3, -0.25) is 0 Å². The van der Waals surface area contributed by atoms with Crippen molar-refractivity contribution in [2.45, 2.75) is 6.92 Å². The smallest absolute Gasteiger partial charge is 0.232 e. The van der Waals surface area contributed by atoms with E-state index in [9.17, 15) is 4.39 Å². The van der Waals surface area contributed by atoms with E-state index in [1.165, 1.54) is 6.07 Å². The van der Waals surface area contributed by atoms with Crippen molar-refractivity contribution in [3.8, 4) is 0 Å². The van der Waals surface area contributed by atoms with Crippen LogP contribution in [0.1, 0.15) is 5.56 Å². The molecule has 1 heterocycles. The molecule has 0 spiro atoms. The maximum atomic E-state index is 13.3. The van der Waals surface area contributed by atoms with Crippen LogP contribution in [0.4, 0.5) is 16.0 Å². The zero-order chi connectivity index (χ0) is 12.4. The van der Waals surface area contributed by atoms with Gasteiger partial charge in [-0.1, -0.05) is 6.07 Å². The third-order valence-corrected chi connectivity index (χ3v) is 2.35. The monoisotopic (exact) mass is 272 g/mol. The Bertz CT molecular complexity index is 542. The maximum absolute atomic E-state index is 13.3. The molecule has 0 aliphatic heterocycles. The van der Waals surface area contributed by atoms with Crippen molar-refractivity contribution in [1.29, 1.82) is 0 Å².